The van der Waals surface area contributed by atoms with Gasteiger partial charge in [0.25, 0.3) is 17.7 Å². The number of hydrazine groups is 1. The van der Waals surface area contributed by atoms with E-state index >= 15 is 0 Å². The number of amides is 3. The summed E-state index contributed by atoms with van der Waals surface area (Å²) in [6.45, 7) is 1.86. The molecule has 0 saturated heterocycles. The molecule has 3 aromatic rings. The van der Waals surface area contributed by atoms with Crippen molar-refractivity contribution in [3.63, 3.8) is 0 Å². The van der Waals surface area contributed by atoms with Gasteiger partial charge in [0.05, 0.1) is 12.2 Å². The summed E-state index contributed by atoms with van der Waals surface area (Å²) in [5.74, 6) is -4.75. The summed E-state index contributed by atoms with van der Waals surface area (Å²) < 4.78 is 57.1. The molecule has 1 atom stereocenters. The number of nitrogens with one attached hydrogen (secondary N) is 4. The summed E-state index contributed by atoms with van der Waals surface area (Å²) in [7, 11) is 3.22. The van der Waals surface area contributed by atoms with Crippen LogP contribution in [0.4, 0.5) is 23.2 Å². The lowest BCUT2D eigenvalue weighted by molar-refractivity contribution is -0.192. The van der Waals surface area contributed by atoms with Crippen LogP contribution in [0.3, 0.4) is 0 Å². The Hall–Kier alpha value is -5.87. The third-order valence-corrected chi connectivity index (χ3v) is 5.88. The van der Waals surface area contributed by atoms with Gasteiger partial charge in [0.1, 0.15) is 17.7 Å². The summed E-state index contributed by atoms with van der Waals surface area (Å²) in [5, 5.41) is 17.8. The Bertz CT molecular complexity index is 1580. The normalized spacial score (nSPS) is 11.1. The quantitative estimate of drug-likeness (QED) is 0.0772. The Morgan fingerprint density at radius 1 is 0.957 bits per heavy atom. The molecule has 7 N–H and O–H groups in total. The highest BCUT2D eigenvalue weighted by Crippen LogP contribution is 2.32. The number of carbonyl (C=O) groups excluding carboxylic acids is 3. The van der Waals surface area contributed by atoms with Crippen molar-refractivity contribution in [2.75, 3.05) is 32.6 Å². The number of carbonyl (C=O) groups is 4. The van der Waals surface area contributed by atoms with Crippen LogP contribution in [0, 0.1) is 11.2 Å². The SMILES string of the molecule is CCOc1cc(C(Nc2ccc(C(=N)N)cc2)C(=O)NNC(=O)c2ccccc2F)ccc1OCC(=O)N(C)C.O=C(O)C(F)(F)F. The van der Waals surface area contributed by atoms with E-state index in [9.17, 15) is 31.9 Å². The van der Waals surface area contributed by atoms with Crippen molar-refractivity contribution in [1.82, 2.24) is 15.8 Å². The average molecular weight is 665 g/mol. The van der Waals surface area contributed by atoms with Crippen LogP contribution in [0.2, 0.25) is 0 Å². The van der Waals surface area contributed by atoms with Crippen LogP contribution in [0.1, 0.15) is 34.5 Å². The van der Waals surface area contributed by atoms with E-state index in [2.05, 4.69) is 16.2 Å². The maximum Gasteiger partial charge on any atom is 0.490 e. The summed E-state index contributed by atoms with van der Waals surface area (Å²) in [6.07, 6.45) is -5.08. The first-order chi connectivity index (χ1) is 22.0. The van der Waals surface area contributed by atoms with Gasteiger partial charge < -0.3 is 30.5 Å². The topological polar surface area (TPSA) is 196 Å². The molecule has 0 aliphatic rings. The maximum absolute atomic E-state index is 14.0. The number of likely N-dealkylation sites (N-methyl/N-ethyl adjacent to an activating group) is 1. The minimum atomic E-state index is -5.08. The zero-order valence-corrected chi connectivity index (χ0v) is 25.3. The highest BCUT2D eigenvalue weighted by Gasteiger charge is 2.38. The zero-order valence-electron chi connectivity index (χ0n) is 25.3. The summed E-state index contributed by atoms with van der Waals surface area (Å²) in [5.41, 5.74) is 11.3. The minimum absolute atomic E-state index is 0.110. The fraction of sp³-hybridized carbons (Fsp3) is 0.233. The molecule has 0 aliphatic heterocycles. The van der Waals surface area contributed by atoms with Crippen molar-refractivity contribution in [1.29, 1.82) is 5.41 Å². The summed E-state index contributed by atoms with van der Waals surface area (Å²) in [6, 6.07) is 15.6. The molecule has 0 saturated carbocycles. The van der Waals surface area contributed by atoms with Gasteiger partial charge in [-0.15, -0.1) is 0 Å². The number of carboxylic acids is 1. The number of benzene rings is 3. The number of nitrogen functional groups attached to an aromatic ring is 1. The van der Waals surface area contributed by atoms with Crippen LogP contribution in [-0.4, -0.2) is 73.0 Å². The van der Waals surface area contributed by atoms with Crippen molar-refractivity contribution in [3.8, 4) is 11.5 Å². The van der Waals surface area contributed by atoms with E-state index in [1.807, 2.05) is 0 Å². The number of anilines is 1. The molecule has 0 aliphatic carbocycles. The lowest BCUT2D eigenvalue weighted by Gasteiger charge is -2.22. The molecule has 13 nitrogen and oxygen atoms in total. The second kappa shape index (κ2) is 17.0. The van der Waals surface area contributed by atoms with E-state index in [1.54, 1.807) is 63.5 Å². The molecule has 0 spiro atoms. The van der Waals surface area contributed by atoms with E-state index in [0.717, 1.165) is 6.07 Å². The molecule has 0 heterocycles. The van der Waals surface area contributed by atoms with Gasteiger partial charge in [-0.25, -0.2) is 9.18 Å². The Morgan fingerprint density at radius 3 is 2.11 bits per heavy atom. The smallest absolute Gasteiger partial charge is 0.490 e. The van der Waals surface area contributed by atoms with Gasteiger partial charge in [0.2, 0.25) is 0 Å². The molecular formula is C30H32F4N6O7. The number of rotatable bonds is 11. The predicted molar refractivity (Wildman–Crippen MR) is 161 cm³/mol. The molecular weight excluding hydrogens is 632 g/mol. The molecule has 252 valence electrons. The second-order valence-corrected chi connectivity index (χ2v) is 9.51. The third-order valence-electron chi connectivity index (χ3n) is 5.88. The van der Waals surface area contributed by atoms with Gasteiger partial charge in [-0.1, -0.05) is 18.2 Å². The monoisotopic (exact) mass is 664 g/mol. The Balaban J connectivity index is 0.000000984. The molecule has 17 heteroatoms. The number of nitrogens with two attached hydrogens (primary N) is 1. The van der Waals surface area contributed by atoms with Gasteiger partial charge in [-0.2, -0.15) is 13.2 Å². The molecule has 0 bridgehead atoms. The Morgan fingerprint density at radius 2 is 1.57 bits per heavy atom. The highest BCUT2D eigenvalue weighted by atomic mass is 19.4. The molecule has 0 fully saturated rings. The molecule has 3 aromatic carbocycles. The molecule has 0 radical (unpaired) electrons. The molecule has 3 rings (SSSR count). The zero-order chi connectivity index (χ0) is 35.3. The van der Waals surface area contributed by atoms with E-state index < -0.39 is 35.8 Å². The largest absolute Gasteiger partial charge is 0.490 e. The van der Waals surface area contributed by atoms with Crippen molar-refractivity contribution in [2.24, 2.45) is 5.73 Å². The Kier molecular flexibility index (Phi) is 13.5. The first kappa shape index (κ1) is 37.3. The van der Waals surface area contributed by atoms with Gasteiger partial charge in [0.15, 0.2) is 18.1 Å². The third kappa shape index (κ3) is 11.5. The molecule has 1 unspecified atom stereocenters. The van der Waals surface area contributed by atoms with Crippen molar-refractivity contribution in [2.45, 2.75) is 19.1 Å². The lowest BCUT2D eigenvalue weighted by atomic mass is 10.0. The van der Waals surface area contributed by atoms with Crippen LogP contribution in [0.25, 0.3) is 0 Å². The van der Waals surface area contributed by atoms with Crippen molar-refractivity contribution < 1.29 is 51.3 Å². The van der Waals surface area contributed by atoms with E-state index in [1.165, 1.54) is 23.1 Å². The molecule has 0 aromatic heterocycles. The highest BCUT2D eigenvalue weighted by molar-refractivity contribution is 5.97. The van der Waals surface area contributed by atoms with Crippen LogP contribution >= 0.6 is 0 Å². The first-order valence-corrected chi connectivity index (χ1v) is 13.5. The number of hydrogen-bond acceptors (Lipinski definition) is 8. The van der Waals surface area contributed by atoms with Gasteiger partial charge >= 0.3 is 12.1 Å². The lowest BCUT2D eigenvalue weighted by Crippen LogP contribution is -2.45. The van der Waals surface area contributed by atoms with Crippen molar-refractivity contribution in [3.05, 3.63) is 89.2 Å². The van der Waals surface area contributed by atoms with Crippen LogP contribution in [-0.2, 0) is 14.4 Å². The van der Waals surface area contributed by atoms with E-state index in [4.69, 9.17) is 30.5 Å². The number of aliphatic carboxylic acids is 1. The first-order valence-electron chi connectivity index (χ1n) is 13.5. The van der Waals surface area contributed by atoms with E-state index in [-0.39, 0.29) is 30.5 Å². The number of carboxylic acid groups (broad SMARTS) is 1. The number of amidine groups is 1. The van der Waals surface area contributed by atoms with Crippen LogP contribution < -0.4 is 31.4 Å². The number of alkyl halides is 3. The predicted octanol–water partition coefficient (Wildman–Crippen LogP) is 3.22. The summed E-state index contributed by atoms with van der Waals surface area (Å²) in [4.78, 5) is 48.1. The van der Waals surface area contributed by atoms with Gasteiger partial charge in [-0.3, -0.25) is 30.6 Å². The fourth-order valence-electron chi connectivity index (χ4n) is 3.48. The Labute approximate surface area is 266 Å². The summed E-state index contributed by atoms with van der Waals surface area (Å²) >= 11 is 0. The van der Waals surface area contributed by atoms with Gasteiger partial charge in [0, 0.05) is 25.3 Å². The fourth-order valence-corrected chi connectivity index (χ4v) is 3.48. The average Bonchev–Trinajstić information content (AvgIpc) is 3.02. The number of halogens is 4. The van der Waals surface area contributed by atoms with Crippen molar-refractivity contribution >= 4 is 35.2 Å². The molecule has 3 amide bonds. The molecule has 47 heavy (non-hydrogen) atoms. The standard InChI is InChI=1S/C28H31FN6O5.C2HF3O2/c1-4-39-23-15-18(11-14-22(23)40-16-24(36)35(2)3)25(32-19-12-9-17(10-13-19)26(30)31)28(38)34-33-27(37)20-7-5-6-8-21(20)29;3-2(4,5)1(6)7/h5-15,25,32H,4,16H2,1-3H3,(H3,30,31)(H,33,37)(H,34,38);(H,6,7). The number of hydrogen-bond donors (Lipinski definition) is 6. The number of nitrogens with zero attached hydrogens (tertiary/aromatic N) is 1. The minimum Gasteiger partial charge on any atom is -0.490 e. The van der Waals surface area contributed by atoms with E-state index in [0.29, 0.717) is 28.3 Å². The van der Waals surface area contributed by atoms with Crippen LogP contribution in [0.5, 0.6) is 11.5 Å². The van der Waals surface area contributed by atoms with Crippen LogP contribution in [0.15, 0.2) is 66.7 Å². The second-order valence-electron chi connectivity index (χ2n) is 9.51. The van der Waals surface area contributed by atoms with Gasteiger partial charge in [-0.05, 0) is 61.0 Å². The maximum atomic E-state index is 14.0. The number of ether oxygens (including phenoxy) is 2.